The molecule has 4 heteroatoms. The predicted octanol–water partition coefficient (Wildman–Crippen LogP) is 2.53. The molecule has 1 atom stereocenters. The highest BCUT2D eigenvalue weighted by molar-refractivity contribution is 5.28. The third kappa shape index (κ3) is 4.06. The highest BCUT2D eigenvalue weighted by atomic mass is 16.5. The maximum Gasteiger partial charge on any atom is 0.119 e. The third-order valence-corrected chi connectivity index (χ3v) is 3.95. The van der Waals surface area contributed by atoms with Gasteiger partial charge in [-0.3, -0.25) is 9.88 Å². The van der Waals surface area contributed by atoms with Crippen LogP contribution >= 0.6 is 0 Å². The zero-order chi connectivity index (χ0) is 15.2. The molecule has 0 aliphatic carbocycles. The number of morpholine rings is 1. The summed E-state index contributed by atoms with van der Waals surface area (Å²) in [6, 6.07) is 12.3. The summed E-state index contributed by atoms with van der Waals surface area (Å²) in [5.41, 5.74) is 2.51. The largest absolute Gasteiger partial charge is 0.497 e. The molecule has 1 aromatic heterocycles. The summed E-state index contributed by atoms with van der Waals surface area (Å²) in [6.45, 7) is 3.65. The number of methoxy groups -OCH3 is 1. The van der Waals surface area contributed by atoms with Crippen LogP contribution in [0.2, 0.25) is 0 Å². The van der Waals surface area contributed by atoms with Crippen LogP contribution in [0.1, 0.15) is 11.1 Å². The Morgan fingerprint density at radius 1 is 1.27 bits per heavy atom. The molecule has 0 N–H and O–H groups in total. The molecule has 1 aromatic carbocycles. The average Bonchev–Trinajstić information content (AvgIpc) is 2.56. The number of rotatable bonds is 5. The van der Waals surface area contributed by atoms with Crippen molar-refractivity contribution < 1.29 is 9.47 Å². The van der Waals surface area contributed by atoms with Crippen molar-refractivity contribution in [3.8, 4) is 5.75 Å². The molecule has 22 heavy (non-hydrogen) atoms. The molecular formula is C18H22N2O2. The van der Waals surface area contributed by atoms with Gasteiger partial charge >= 0.3 is 0 Å². The number of hydrogen-bond donors (Lipinski definition) is 0. The Labute approximate surface area is 131 Å². The van der Waals surface area contributed by atoms with Gasteiger partial charge in [-0.05, 0) is 29.3 Å². The van der Waals surface area contributed by atoms with Gasteiger partial charge in [0, 0.05) is 38.4 Å². The maximum atomic E-state index is 5.93. The molecule has 0 spiro atoms. The lowest BCUT2D eigenvalue weighted by Crippen LogP contribution is -2.42. The summed E-state index contributed by atoms with van der Waals surface area (Å²) in [6.07, 6.45) is 4.90. The van der Waals surface area contributed by atoms with E-state index in [1.165, 1.54) is 11.1 Å². The number of aromatic nitrogens is 1. The molecule has 1 fully saturated rings. The number of benzene rings is 1. The Hall–Kier alpha value is -1.91. The fourth-order valence-electron chi connectivity index (χ4n) is 2.86. The molecule has 1 aliphatic heterocycles. The van der Waals surface area contributed by atoms with E-state index in [2.05, 4.69) is 28.1 Å². The van der Waals surface area contributed by atoms with E-state index < -0.39 is 0 Å². The van der Waals surface area contributed by atoms with Crippen LogP contribution in [-0.4, -0.2) is 42.8 Å². The van der Waals surface area contributed by atoms with Crippen LogP contribution in [0.3, 0.4) is 0 Å². The first-order chi connectivity index (χ1) is 10.8. The summed E-state index contributed by atoms with van der Waals surface area (Å²) < 4.78 is 11.2. The van der Waals surface area contributed by atoms with E-state index in [4.69, 9.17) is 9.47 Å². The van der Waals surface area contributed by atoms with Gasteiger partial charge < -0.3 is 9.47 Å². The Bertz CT molecular complexity index is 589. The number of nitrogens with zero attached hydrogens (tertiary/aromatic N) is 2. The fraction of sp³-hybridized carbons (Fsp3) is 0.389. The predicted molar refractivity (Wildman–Crippen MR) is 86.0 cm³/mol. The molecular weight excluding hydrogens is 276 g/mol. The van der Waals surface area contributed by atoms with E-state index in [-0.39, 0.29) is 6.10 Å². The summed E-state index contributed by atoms with van der Waals surface area (Å²) in [5.74, 6) is 0.903. The van der Waals surface area contributed by atoms with Gasteiger partial charge in [0.25, 0.3) is 0 Å². The number of ether oxygens (including phenoxy) is 2. The molecule has 1 aliphatic rings. The Balaban J connectivity index is 1.58. The van der Waals surface area contributed by atoms with Gasteiger partial charge in [-0.1, -0.05) is 18.2 Å². The first-order valence-electron chi connectivity index (χ1n) is 7.69. The van der Waals surface area contributed by atoms with Crippen LogP contribution in [0.15, 0.2) is 48.8 Å². The summed E-state index contributed by atoms with van der Waals surface area (Å²) >= 11 is 0. The second-order valence-electron chi connectivity index (χ2n) is 5.64. The molecule has 1 saturated heterocycles. The van der Waals surface area contributed by atoms with Crippen molar-refractivity contribution in [2.45, 2.75) is 19.1 Å². The molecule has 2 heterocycles. The van der Waals surface area contributed by atoms with Crippen molar-refractivity contribution in [3.63, 3.8) is 0 Å². The first-order valence-corrected chi connectivity index (χ1v) is 7.69. The van der Waals surface area contributed by atoms with Gasteiger partial charge in [0.2, 0.25) is 0 Å². The molecule has 0 unspecified atom stereocenters. The molecule has 0 saturated carbocycles. The van der Waals surface area contributed by atoms with Crippen molar-refractivity contribution in [1.82, 2.24) is 9.88 Å². The maximum absolute atomic E-state index is 5.93. The minimum atomic E-state index is 0.234. The van der Waals surface area contributed by atoms with Gasteiger partial charge in [0.15, 0.2) is 0 Å². The highest BCUT2D eigenvalue weighted by Gasteiger charge is 2.21. The van der Waals surface area contributed by atoms with Crippen molar-refractivity contribution in [2.75, 3.05) is 26.8 Å². The highest BCUT2D eigenvalue weighted by Crippen LogP contribution is 2.17. The lowest BCUT2D eigenvalue weighted by molar-refractivity contribution is -0.0305. The number of pyridine rings is 1. The Morgan fingerprint density at radius 3 is 3.00 bits per heavy atom. The van der Waals surface area contributed by atoms with E-state index in [1.54, 1.807) is 7.11 Å². The van der Waals surface area contributed by atoms with Gasteiger partial charge in [0.05, 0.1) is 19.8 Å². The molecule has 116 valence electrons. The average molecular weight is 298 g/mol. The van der Waals surface area contributed by atoms with E-state index in [9.17, 15) is 0 Å². The topological polar surface area (TPSA) is 34.6 Å². The monoisotopic (exact) mass is 298 g/mol. The smallest absolute Gasteiger partial charge is 0.119 e. The zero-order valence-corrected chi connectivity index (χ0v) is 12.9. The van der Waals surface area contributed by atoms with E-state index in [0.717, 1.165) is 38.4 Å². The quantitative estimate of drug-likeness (QED) is 0.849. The van der Waals surface area contributed by atoms with E-state index in [0.29, 0.717) is 0 Å². The van der Waals surface area contributed by atoms with E-state index >= 15 is 0 Å². The first kappa shape index (κ1) is 15.0. The van der Waals surface area contributed by atoms with Gasteiger partial charge in [-0.25, -0.2) is 0 Å². The number of hydrogen-bond acceptors (Lipinski definition) is 4. The standard InChI is InChI=1S/C18H22N2O2/c1-21-17-6-2-4-15(10-17)11-18-14-20(8-9-22-18)13-16-5-3-7-19-12-16/h2-7,10,12,18H,8-9,11,13-14H2,1H3/t18-/m1/s1. The van der Waals surface area contributed by atoms with Crippen molar-refractivity contribution >= 4 is 0 Å². The lowest BCUT2D eigenvalue weighted by Gasteiger charge is -2.33. The van der Waals surface area contributed by atoms with Gasteiger partial charge in [-0.15, -0.1) is 0 Å². The van der Waals surface area contributed by atoms with Crippen LogP contribution in [-0.2, 0) is 17.7 Å². The van der Waals surface area contributed by atoms with Crippen molar-refractivity contribution in [3.05, 3.63) is 59.9 Å². The van der Waals surface area contributed by atoms with Gasteiger partial charge in [-0.2, -0.15) is 0 Å². The van der Waals surface area contributed by atoms with Crippen LogP contribution in [0.5, 0.6) is 5.75 Å². The third-order valence-electron chi connectivity index (χ3n) is 3.95. The summed E-state index contributed by atoms with van der Waals surface area (Å²) in [4.78, 5) is 6.62. The Morgan fingerprint density at radius 2 is 2.18 bits per heavy atom. The van der Waals surface area contributed by atoms with Crippen LogP contribution in [0.4, 0.5) is 0 Å². The van der Waals surface area contributed by atoms with Gasteiger partial charge in [0.1, 0.15) is 5.75 Å². The van der Waals surface area contributed by atoms with Crippen LogP contribution in [0.25, 0.3) is 0 Å². The molecule has 3 rings (SSSR count). The molecule has 4 nitrogen and oxygen atoms in total. The zero-order valence-electron chi connectivity index (χ0n) is 12.9. The fourth-order valence-corrected chi connectivity index (χ4v) is 2.86. The SMILES string of the molecule is COc1cccc(C[C@@H]2CN(Cc3cccnc3)CCO2)c1. The van der Waals surface area contributed by atoms with Crippen LogP contribution in [0, 0.1) is 0 Å². The molecule has 0 bridgehead atoms. The van der Waals surface area contributed by atoms with E-state index in [1.807, 2.05) is 30.6 Å². The minimum Gasteiger partial charge on any atom is -0.497 e. The lowest BCUT2D eigenvalue weighted by atomic mass is 10.1. The normalized spacial score (nSPS) is 19.0. The second-order valence-corrected chi connectivity index (χ2v) is 5.64. The second kappa shape index (κ2) is 7.38. The summed E-state index contributed by atoms with van der Waals surface area (Å²) in [7, 11) is 1.70. The van der Waals surface area contributed by atoms with Crippen molar-refractivity contribution in [2.24, 2.45) is 0 Å². The summed E-state index contributed by atoms with van der Waals surface area (Å²) in [5, 5.41) is 0. The molecule has 0 radical (unpaired) electrons. The Kier molecular flexibility index (Phi) is 5.03. The molecule has 0 amide bonds. The van der Waals surface area contributed by atoms with Crippen molar-refractivity contribution in [1.29, 1.82) is 0 Å². The minimum absolute atomic E-state index is 0.234. The molecule has 2 aromatic rings. The van der Waals surface area contributed by atoms with Crippen LogP contribution < -0.4 is 4.74 Å².